The summed E-state index contributed by atoms with van der Waals surface area (Å²) < 4.78 is 29.2. The van der Waals surface area contributed by atoms with Gasteiger partial charge in [0, 0.05) is 23.7 Å². The number of ether oxygens (including phenoxy) is 1. The molecule has 1 fully saturated rings. The molecule has 1 aliphatic heterocycles. The number of amides is 1. The van der Waals surface area contributed by atoms with Gasteiger partial charge in [-0.25, -0.2) is 0 Å². The molecular formula is C14H17ClF2N2O2. The van der Waals surface area contributed by atoms with Gasteiger partial charge in [0.2, 0.25) is 5.91 Å². The molecule has 116 valence electrons. The maximum atomic E-state index is 12.4. The zero-order valence-electron chi connectivity index (χ0n) is 11.4. The van der Waals surface area contributed by atoms with Crippen molar-refractivity contribution in [3.63, 3.8) is 0 Å². The zero-order chi connectivity index (χ0) is 15.2. The minimum atomic E-state index is -2.90. The smallest absolute Gasteiger partial charge is 0.387 e. The average molecular weight is 319 g/mol. The van der Waals surface area contributed by atoms with Gasteiger partial charge in [-0.2, -0.15) is 8.78 Å². The van der Waals surface area contributed by atoms with Crippen LogP contribution in [0, 0.1) is 0 Å². The lowest BCUT2D eigenvalue weighted by Crippen LogP contribution is -2.42. The monoisotopic (exact) mass is 318 g/mol. The summed E-state index contributed by atoms with van der Waals surface area (Å²) in [6.07, 6.45) is 2.60. The molecule has 21 heavy (non-hydrogen) atoms. The average Bonchev–Trinajstić information content (AvgIpc) is 2.63. The van der Waals surface area contributed by atoms with Crippen molar-refractivity contribution in [1.82, 2.24) is 10.6 Å². The molecule has 1 aromatic rings. The molecule has 0 spiro atoms. The van der Waals surface area contributed by atoms with E-state index in [4.69, 9.17) is 11.6 Å². The third-order valence-corrected chi connectivity index (χ3v) is 3.55. The van der Waals surface area contributed by atoms with Crippen molar-refractivity contribution in [2.45, 2.75) is 38.5 Å². The van der Waals surface area contributed by atoms with Crippen LogP contribution in [0.15, 0.2) is 18.2 Å². The van der Waals surface area contributed by atoms with Gasteiger partial charge in [-0.05, 0) is 37.5 Å². The standard InChI is InChI=1S/C14H17ClF2N2O2/c15-10-4-5-12(21-14(16)17)9(7-10)8-19-11-3-1-2-6-18-13(11)20/h4-5,7,11,14,19H,1-3,6,8H2,(H,18,20). The van der Waals surface area contributed by atoms with E-state index in [0.717, 1.165) is 19.3 Å². The van der Waals surface area contributed by atoms with E-state index in [1.54, 1.807) is 6.07 Å². The van der Waals surface area contributed by atoms with Crippen molar-refractivity contribution in [2.75, 3.05) is 6.54 Å². The van der Waals surface area contributed by atoms with Crippen LogP contribution in [-0.4, -0.2) is 25.1 Å². The molecule has 1 amide bonds. The Balaban J connectivity index is 2.04. The predicted molar refractivity (Wildman–Crippen MR) is 75.6 cm³/mol. The lowest BCUT2D eigenvalue weighted by Gasteiger charge is -2.17. The summed E-state index contributed by atoms with van der Waals surface area (Å²) >= 11 is 5.88. The fourth-order valence-electron chi connectivity index (χ4n) is 2.26. The van der Waals surface area contributed by atoms with Crippen molar-refractivity contribution in [3.05, 3.63) is 28.8 Å². The largest absolute Gasteiger partial charge is 0.434 e. The normalized spacial score (nSPS) is 19.2. The van der Waals surface area contributed by atoms with Gasteiger partial charge in [-0.1, -0.05) is 11.6 Å². The number of halogens is 3. The maximum Gasteiger partial charge on any atom is 0.387 e. The van der Waals surface area contributed by atoms with Crippen molar-refractivity contribution in [3.8, 4) is 5.75 Å². The van der Waals surface area contributed by atoms with Crippen molar-refractivity contribution < 1.29 is 18.3 Å². The fraction of sp³-hybridized carbons (Fsp3) is 0.500. The van der Waals surface area contributed by atoms with Gasteiger partial charge in [0.25, 0.3) is 0 Å². The Hall–Kier alpha value is -1.40. The minimum Gasteiger partial charge on any atom is -0.434 e. The van der Waals surface area contributed by atoms with E-state index in [-0.39, 0.29) is 24.2 Å². The van der Waals surface area contributed by atoms with E-state index in [1.807, 2.05) is 0 Å². The van der Waals surface area contributed by atoms with Crippen LogP contribution >= 0.6 is 11.6 Å². The number of alkyl halides is 2. The Bertz CT molecular complexity index is 500. The van der Waals surface area contributed by atoms with E-state index in [0.29, 0.717) is 17.1 Å². The zero-order valence-corrected chi connectivity index (χ0v) is 12.1. The molecule has 1 aromatic carbocycles. The maximum absolute atomic E-state index is 12.4. The second-order valence-electron chi connectivity index (χ2n) is 4.85. The Morgan fingerprint density at radius 1 is 1.43 bits per heavy atom. The summed E-state index contributed by atoms with van der Waals surface area (Å²) in [6, 6.07) is 4.12. The number of hydrogen-bond donors (Lipinski definition) is 2. The number of rotatable bonds is 5. The predicted octanol–water partition coefficient (Wildman–Crippen LogP) is 2.70. The van der Waals surface area contributed by atoms with Gasteiger partial charge in [-0.3, -0.25) is 4.79 Å². The second kappa shape index (κ2) is 7.56. The molecule has 0 saturated carbocycles. The van der Waals surface area contributed by atoms with Crippen LogP contribution < -0.4 is 15.4 Å². The molecule has 0 radical (unpaired) electrons. The Kier molecular flexibility index (Phi) is 5.76. The lowest BCUT2D eigenvalue weighted by atomic mass is 10.1. The van der Waals surface area contributed by atoms with E-state index in [2.05, 4.69) is 15.4 Å². The second-order valence-corrected chi connectivity index (χ2v) is 5.29. The molecule has 1 saturated heterocycles. The van der Waals surface area contributed by atoms with Gasteiger partial charge >= 0.3 is 6.61 Å². The first-order valence-electron chi connectivity index (χ1n) is 6.80. The van der Waals surface area contributed by atoms with E-state index >= 15 is 0 Å². The van der Waals surface area contributed by atoms with Gasteiger partial charge in [0.05, 0.1) is 6.04 Å². The topological polar surface area (TPSA) is 50.4 Å². The van der Waals surface area contributed by atoms with Gasteiger partial charge in [0.15, 0.2) is 0 Å². The molecule has 1 unspecified atom stereocenters. The van der Waals surface area contributed by atoms with E-state index < -0.39 is 6.61 Å². The van der Waals surface area contributed by atoms with Crippen molar-refractivity contribution >= 4 is 17.5 Å². The number of carbonyl (C=O) groups excluding carboxylic acids is 1. The summed E-state index contributed by atoms with van der Waals surface area (Å²) in [5.74, 6) is 0.00165. The minimum absolute atomic E-state index is 0.0640. The lowest BCUT2D eigenvalue weighted by molar-refractivity contribution is -0.122. The van der Waals surface area contributed by atoms with E-state index in [1.165, 1.54) is 12.1 Å². The Labute approximate surface area is 126 Å². The summed E-state index contributed by atoms with van der Waals surface area (Å²) in [5.41, 5.74) is 0.500. The molecule has 1 heterocycles. The van der Waals surface area contributed by atoms with Crippen molar-refractivity contribution in [2.24, 2.45) is 0 Å². The van der Waals surface area contributed by atoms with Crippen LogP contribution in [-0.2, 0) is 11.3 Å². The third-order valence-electron chi connectivity index (χ3n) is 3.31. The SMILES string of the molecule is O=C1NCCCCC1NCc1cc(Cl)ccc1OC(F)F. The van der Waals surface area contributed by atoms with Crippen LogP contribution in [0.2, 0.25) is 5.02 Å². The number of benzene rings is 1. The molecule has 7 heteroatoms. The first kappa shape index (κ1) is 16.0. The number of carbonyl (C=O) groups is 1. The van der Waals surface area contributed by atoms with Crippen molar-refractivity contribution in [1.29, 1.82) is 0 Å². The van der Waals surface area contributed by atoms with Crippen LogP contribution in [0.4, 0.5) is 8.78 Å². The molecule has 0 aliphatic carbocycles. The molecule has 2 N–H and O–H groups in total. The fourth-order valence-corrected chi connectivity index (χ4v) is 2.46. The molecule has 0 bridgehead atoms. The van der Waals surface area contributed by atoms with Crippen LogP contribution in [0.1, 0.15) is 24.8 Å². The Morgan fingerprint density at radius 3 is 3.00 bits per heavy atom. The van der Waals surface area contributed by atoms with Gasteiger partial charge < -0.3 is 15.4 Å². The first-order valence-corrected chi connectivity index (χ1v) is 7.18. The van der Waals surface area contributed by atoms with Gasteiger partial charge in [0.1, 0.15) is 5.75 Å². The first-order chi connectivity index (χ1) is 10.1. The number of hydrogen-bond acceptors (Lipinski definition) is 3. The van der Waals surface area contributed by atoms with E-state index in [9.17, 15) is 13.6 Å². The molecule has 0 aromatic heterocycles. The molecule has 1 aliphatic rings. The summed E-state index contributed by atoms with van der Waals surface area (Å²) in [4.78, 5) is 11.8. The molecular weight excluding hydrogens is 302 g/mol. The third kappa shape index (κ3) is 4.82. The van der Waals surface area contributed by atoms with Crippen LogP contribution in [0.5, 0.6) is 5.75 Å². The highest BCUT2D eigenvalue weighted by Crippen LogP contribution is 2.24. The highest BCUT2D eigenvalue weighted by molar-refractivity contribution is 6.30. The summed E-state index contributed by atoms with van der Waals surface area (Å²) in [7, 11) is 0. The Morgan fingerprint density at radius 2 is 2.24 bits per heavy atom. The molecule has 1 atom stereocenters. The quantitative estimate of drug-likeness (QED) is 0.877. The van der Waals surface area contributed by atoms with Gasteiger partial charge in [-0.15, -0.1) is 0 Å². The molecule has 2 rings (SSSR count). The highest BCUT2D eigenvalue weighted by atomic mass is 35.5. The number of nitrogens with one attached hydrogen (secondary N) is 2. The highest BCUT2D eigenvalue weighted by Gasteiger charge is 2.20. The summed E-state index contributed by atoms with van der Waals surface area (Å²) in [6.45, 7) is -1.99. The van der Waals surface area contributed by atoms with Crippen LogP contribution in [0.25, 0.3) is 0 Å². The van der Waals surface area contributed by atoms with Crippen LogP contribution in [0.3, 0.4) is 0 Å². The molecule has 4 nitrogen and oxygen atoms in total. The summed E-state index contributed by atoms with van der Waals surface area (Å²) in [5, 5.41) is 6.31.